The molecule has 0 amide bonds. The van der Waals surface area contributed by atoms with Crippen molar-refractivity contribution >= 4 is 23.1 Å². The molecule has 1 N–H and O–H groups in total. The summed E-state index contributed by atoms with van der Waals surface area (Å²) in [4.78, 5) is 21.2. The molecule has 0 saturated carbocycles. The predicted octanol–water partition coefficient (Wildman–Crippen LogP) is 3.33. The van der Waals surface area contributed by atoms with Crippen LogP contribution in [0.25, 0.3) is 0 Å². The van der Waals surface area contributed by atoms with E-state index in [2.05, 4.69) is 21.2 Å². The molecule has 5 nitrogen and oxygen atoms in total. The van der Waals surface area contributed by atoms with Crippen molar-refractivity contribution in [3.63, 3.8) is 0 Å². The molecule has 27 heavy (non-hydrogen) atoms. The van der Waals surface area contributed by atoms with Crippen LogP contribution in [-0.2, 0) is 9.53 Å². The van der Waals surface area contributed by atoms with E-state index in [0.29, 0.717) is 16.5 Å². The van der Waals surface area contributed by atoms with Gasteiger partial charge in [-0.15, -0.1) is 17.8 Å². The zero-order valence-electron chi connectivity index (χ0n) is 14.5. The van der Waals surface area contributed by atoms with Gasteiger partial charge in [-0.05, 0) is 26.0 Å². The third kappa shape index (κ3) is 3.59. The van der Waals surface area contributed by atoms with E-state index in [1.807, 2.05) is 0 Å². The number of rotatable bonds is 4. The van der Waals surface area contributed by atoms with Gasteiger partial charge >= 0.3 is 5.97 Å². The summed E-state index contributed by atoms with van der Waals surface area (Å²) in [7, 11) is 0. The van der Waals surface area contributed by atoms with Gasteiger partial charge < -0.3 is 10.1 Å². The number of terminal acetylenes is 1. The lowest BCUT2D eigenvalue weighted by atomic mass is 9.92. The lowest BCUT2D eigenvalue weighted by molar-refractivity contribution is -0.138. The van der Waals surface area contributed by atoms with Crippen molar-refractivity contribution in [1.82, 2.24) is 10.3 Å². The number of hydrogen-bond acceptors (Lipinski definition) is 6. The van der Waals surface area contributed by atoms with Crippen LogP contribution in [0.5, 0.6) is 0 Å². The Morgan fingerprint density at radius 1 is 1.41 bits per heavy atom. The summed E-state index contributed by atoms with van der Waals surface area (Å²) >= 11 is 1.35. The molecule has 1 atom stereocenters. The maximum absolute atomic E-state index is 13.9. The van der Waals surface area contributed by atoms with E-state index in [-0.39, 0.29) is 23.3 Å². The minimum absolute atomic E-state index is 0.109. The molecular formula is C19H15F2N3O2S. The highest BCUT2D eigenvalue weighted by atomic mass is 32.1. The maximum Gasteiger partial charge on any atom is 0.338 e. The Morgan fingerprint density at radius 3 is 2.78 bits per heavy atom. The van der Waals surface area contributed by atoms with Gasteiger partial charge in [0.05, 0.1) is 12.2 Å². The molecule has 0 fully saturated rings. The normalized spacial score (nSPS) is 16.4. The molecule has 1 unspecified atom stereocenters. The number of benzene rings is 1. The molecule has 0 spiro atoms. The standard InChI is InChI=1S/C19H15F2N3O2S/c1-4-11-8-13(20)14(21)9-12(11)16-15(19(25)26-5-2)10(3)23-17(24-16)18-22-6-7-27-18/h1,6-9,16H,5H2,2-3H3,(H,23,24). The van der Waals surface area contributed by atoms with Crippen molar-refractivity contribution in [2.45, 2.75) is 19.9 Å². The molecule has 0 saturated heterocycles. The first-order valence-corrected chi connectivity index (χ1v) is 8.92. The summed E-state index contributed by atoms with van der Waals surface area (Å²) < 4.78 is 32.7. The fourth-order valence-corrected chi connectivity index (χ4v) is 3.32. The SMILES string of the molecule is C#Cc1cc(F)c(F)cc1C1N=C(c2nccs2)NC(C)=C1C(=O)OCC. The summed E-state index contributed by atoms with van der Waals surface area (Å²) in [6.45, 7) is 3.51. The molecule has 0 radical (unpaired) electrons. The second kappa shape index (κ2) is 7.68. The molecule has 1 aliphatic rings. The van der Waals surface area contributed by atoms with Gasteiger partial charge in [-0.3, -0.25) is 4.99 Å². The van der Waals surface area contributed by atoms with E-state index < -0.39 is 23.6 Å². The van der Waals surface area contributed by atoms with Crippen LogP contribution >= 0.6 is 11.3 Å². The zero-order valence-corrected chi connectivity index (χ0v) is 15.4. The first-order valence-electron chi connectivity index (χ1n) is 8.04. The van der Waals surface area contributed by atoms with Crippen molar-refractivity contribution < 1.29 is 18.3 Å². The van der Waals surface area contributed by atoms with Gasteiger partial charge in [-0.25, -0.2) is 18.6 Å². The quantitative estimate of drug-likeness (QED) is 0.646. The number of esters is 1. The third-order valence-corrected chi connectivity index (χ3v) is 4.69. The lowest BCUT2D eigenvalue weighted by Gasteiger charge is -2.26. The molecular weight excluding hydrogens is 372 g/mol. The summed E-state index contributed by atoms with van der Waals surface area (Å²) in [6.07, 6.45) is 7.09. The Labute approximate surface area is 158 Å². The number of allylic oxidation sites excluding steroid dienone is 1. The highest BCUT2D eigenvalue weighted by Gasteiger charge is 2.33. The minimum Gasteiger partial charge on any atom is -0.463 e. The van der Waals surface area contributed by atoms with E-state index in [1.54, 1.807) is 25.4 Å². The van der Waals surface area contributed by atoms with Crippen molar-refractivity contribution in [2.24, 2.45) is 4.99 Å². The molecule has 1 aromatic carbocycles. The zero-order chi connectivity index (χ0) is 19.6. The maximum atomic E-state index is 13.9. The Kier molecular flexibility index (Phi) is 5.33. The number of halogens is 2. The Balaban J connectivity index is 2.20. The van der Waals surface area contributed by atoms with Crippen molar-refractivity contribution in [1.29, 1.82) is 0 Å². The number of carbonyl (C=O) groups excluding carboxylic acids is 1. The lowest BCUT2D eigenvalue weighted by Crippen LogP contribution is -2.33. The monoisotopic (exact) mass is 387 g/mol. The Hall–Kier alpha value is -3.05. The molecule has 8 heteroatoms. The van der Waals surface area contributed by atoms with E-state index in [9.17, 15) is 13.6 Å². The molecule has 1 aliphatic heterocycles. The molecule has 0 aliphatic carbocycles. The number of amidine groups is 1. The van der Waals surface area contributed by atoms with Crippen molar-refractivity contribution in [2.75, 3.05) is 6.61 Å². The number of hydrogen-bond donors (Lipinski definition) is 1. The number of carbonyl (C=O) groups is 1. The highest BCUT2D eigenvalue weighted by Crippen LogP contribution is 2.35. The Morgan fingerprint density at radius 2 is 2.15 bits per heavy atom. The highest BCUT2D eigenvalue weighted by molar-refractivity contribution is 7.11. The van der Waals surface area contributed by atoms with E-state index >= 15 is 0 Å². The minimum atomic E-state index is -1.07. The molecule has 138 valence electrons. The van der Waals surface area contributed by atoms with Crippen LogP contribution in [0.4, 0.5) is 8.78 Å². The summed E-state index contributed by atoms with van der Waals surface area (Å²) in [6, 6.07) is 0.935. The number of aromatic nitrogens is 1. The van der Waals surface area contributed by atoms with E-state index in [4.69, 9.17) is 11.2 Å². The van der Waals surface area contributed by atoms with Crippen LogP contribution in [0.1, 0.15) is 36.0 Å². The van der Waals surface area contributed by atoms with Gasteiger partial charge in [-0.1, -0.05) is 5.92 Å². The molecule has 0 bridgehead atoms. The van der Waals surface area contributed by atoms with E-state index in [1.165, 1.54) is 11.3 Å². The van der Waals surface area contributed by atoms with Crippen LogP contribution in [0, 0.1) is 24.0 Å². The van der Waals surface area contributed by atoms with Gasteiger partial charge in [0.15, 0.2) is 22.5 Å². The van der Waals surface area contributed by atoms with Crippen molar-refractivity contribution in [3.05, 3.63) is 62.7 Å². The number of aliphatic imine (C=N–C) groups is 1. The fourth-order valence-electron chi connectivity index (χ4n) is 2.74. The van der Waals surface area contributed by atoms with Crippen LogP contribution in [0.15, 0.2) is 40.0 Å². The van der Waals surface area contributed by atoms with Gasteiger partial charge in [0, 0.05) is 28.4 Å². The average Bonchev–Trinajstić information content (AvgIpc) is 3.17. The number of nitrogens with zero attached hydrogens (tertiary/aromatic N) is 2. The molecule has 2 heterocycles. The van der Waals surface area contributed by atoms with Gasteiger partial charge in [0.1, 0.15) is 6.04 Å². The fraction of sp³-hybridized carbons (Fsp3) is 0.211. The van der Waals surface area contributed by atoms with Crippen LogP contribution in [0.2, 0.25) is 0 Å². The second-order valence-corrected chi connectivity index (χ2v) is 6.49. The first-order chi connectivity index (χ1) is 13.0. The number of ether oxygens (including phenoxy) is 1. The summed E-state index contributed by atoms with van der Waals surface area (Å²) in [5.41, 5.74) is 0.970. The van der Waals surface area contributed by atoms with Crippen LogP contribution < -0.4 is 5.32 Å². The largest absolute Gasteiger partial charge is 0.463 e. The summed E-state index contributed by atoms with van der Waals surface area (Å²) in [5, 5.41) is 5.40. The topological polar surface area (TPSA) is 63.6 Å². The van der Waals surface area contributed by atoms with Gasteiger partial charge in [-0.2, -0.15) is 0 Å². The number of thiazole rings is 1. The smallest absolute Gasteiger partial charge is 0.338 e. The van der Waals surface area contributed by atoms with Gasteiger partial charge in [0.2, 0.25) is 0 Å². The average molecular weight is 387 g/mol. The van der Waals surface area contributed by atoms with E-state index in [0.717, 1.165) is 12.1 Å². The number of nitrogens with one attached hydrogen (secondary N) is 1. The first kappa shape index (κ1) is 18.7. The molecule has 2 aromatic rings. The predicted molar refractivity (Wildman–Crippen MR) is 98.2 cm³/mol. The van der Waals surface area contributed by atoms with Crippen LogP contribution in [0.3, 0.4) is 0 Å². The third-order valence-electron chi connectivity index (χ3n) is 3.91. The second-order valence-electron chi connectivity index (χ2n) is 5.60. The summed E-state index contributed by atoms with van der Waals surface area (Å²) in [5.74, 6) is -0.00709. The molecule has 3 rings (SSSR count). The van der Waals surface area contributed by atoms with Crippen LogP contribution in [-0.4, -0.2) is 23.4 Å². The Bertz CT molecular complexity index is 991. The molecule has 1 aromatic heterocycles. The van der Waals surface area contributed by atoms with Gasteiger partial charge in [0.25, 0.3) is 0 Å². The van der Waals surface area contributed by atoms with Crippen molar-refractivity contribution in [3.8, 4) is 12.3 Å².